The van der Waals surface area contributed by atoms with E-state index < -0.39 is 0 Å². The van der Waals surface area contributed by atoms with E-state index in [1.807, 2.05) is 0 Å². The second-order valence-corrected chi connectivity index (χ2v) is 3.71. The number of hydrogen-bond donors (Lipinski definition) is 2. The molecule has 2 aromatic rings. The highest BCUT2D eigenvalue weighted by Crippen LogP contribution is 2.26. The van der Waals surface area contributed by atoms with Gasteiger partial charge < -0.3 is 14.6 Å². The molecule has 2 N–H and O–H groups in total. The van der Waals surface area contributed by atoms with Crippen molar-refractivity contribution in [2.75, 3.05) is 0 Å². The molecule has 2 rings (SSSR count). The topological polar surface area (TPSA) is 70.7 Å². The Bertz CT molecular complexity index is 610. The van der Waals surface area contributed by atoms with Crippen LogP contribution in [0.25, 0.3) is 11.0 Å². The van der Waals surface area contributed by atoms with Crippen molar-refractivity contribution in [2.45, 2.75) is 20.5 Å². The van der Waals surface area contributed by atoms with Gasteiger partial charge in [-0.3, -0.25) is 4.79 Å². The summed E-state index contributed by atoms with van der Waals surface area (Å²) in [5.41, 5.74) is 0.920. The molecule has 0 unspecified atom stereocenters. The van der Waals surface area contributed by atoms with Gasteiger partial charge in [0.1, 0.15) is 17.1 Å². The molecule has 0 aliphatic rings. The Balaban J connectivity index is 3.01. The molecule has 1 aromatic carbocycles. The van der Waals surface area contributed by atoms with Gasteiger partial charge in [-0.05, 0) is 26.0 Å². The first-order valence-corrected chi connectivity index (χ1v) is 4.92. The van der Waals surface area contributed by atoms with Crippen molar-refractivity contribution >= 4 is 11.0 Å². The zero-order chi connectivity index (χ0) is 11.9. The van der Waals surface area contributed by atoms with Crippen molar-refractivity contribution in [3.8, 4) is 5.75 Å². The van der Waals surface area contributed by atoms with Crippen LogP contribution in [0.3, 0.4) is 0 Å². The summed E-state index contributed by atoms with van der Waals surface area (Å²) in [6.45, 7) is 3.00. The molecule has 0 spiro atoms. The number of fused-ring (bicyclic) bond motifs is 1. The number of aliphatic hydroxyl groups excluding tert-OH is 1. The van der Waals surface area contributed by atoms with Crippen LogP contribution in [-0.4, -0.2) is 10.2 Å². The standard InChI is InChI=1S/C12H12O4/c1-6-7(2)16-12-8(11(6)15)3-4-10(14)9(12)5-13/h3-4,13-14H,5H2,1-2H3. The first-order valence-electron chi connectivity index (χ1n) is 4.92. The molecule has 0 aliphatic carbocycles. The van der Waals surface area contributed by atoms with Crippen molar-refractivity contribution < 1.29 is 14.6 Å². The number of aryl methyl sites for hydroxylation is 1. The SMILES string of the molecule is Cc1oc2c(CO)c(O)ccc2c(=O)c1C. The number of aromatic hydroxyl groups is 1. The second kappa shape index (κ2) is 3.64. The van der Waals surface area contributed by atoms with Crippen molar-refractivity contribution in [3.05, 3.63) is 39.2 Å². The van der Waals surface area contributed by atoms with Gasteiger partial charge in [0.15, 0.2) is 5.43 Å². The van der Waals surface area contributed by atoms with Crippen LogP contribution in [0.15, 0.2) is 21.3 Å². The van der Waals surface area contributed by atoms with Gasteiger partial charge in [-0.25, -0.2) is 0 Å². The predicted octanol–water partition coefficient (Wildman–Crippen LogP) is 1.61. The number of benzene rings is 1. The summed E-state index contributed by atoms with van der Waals surface area (Å²) in [6.07, 6.45) is 0. The van der Waals surface area contributed by atoms with Crippen molar-refractivity contribution in [3.63, 3.8) is 0 Å². The summed E-state index contributed by atoms with van der Waals surface area (Å²) in [6, 6.07) is 2.89. The molecule has 0 amide bonds. The maximum atomic E-state index is 11.9. The molecule has 4 nitrogen and oxygen atoms in total. The van der Waals surface area contributed by atoms with E-state index in [1.165, 1.54) is 12.1 Å². The maximum absolute atomic E-state index is 11.9. The number of hydrogen-bond acceptors (Lipinski definition) is 4. The third-order valence-electron chi connectivity index (χ3n) is 2.76. The smallest absolute Gasteiger partial charge is 0.195 e. The van der Waals surface area contributed by atoms with Crippen LogP contribution in [-0.2, 0) is 6.61 Å². The molecule has 84 valence electrons. The van der Waals surface area contributed by atoms with Gasteiger partial charge >= 0.3 is 0 Å². The van der Waals surface area contributed by atoms with Gasteiger partial charge in [0.25, 0.3) is 0 Å². The van der Waals surface area contributed by atoms with E-state index in [1.54, 1.807) is 13.8 Å². The lowest BCUT2D eigenvalue weighted by Crippen LogP contribution is -2.08. The molecule has 0 atom stereocenters. The summed E-state index contributed by atoms with van der Waals surface area (Å²) < 4.78 is 5.46. The molecule has 0 fully saturated rings. The summed E-state index contributed by atoms with van der Waals surface area (Å²) >= 11 is 0. The molecule has 0 aliphatic heterocycles. The van der Waals surface area contributed by atoms with E-state index in [4.69, 9.17) is 9.52 Å². The first kappa shape index (κ1) is 10.7. The number of aliphatic hydroxyl groups is 1. The first-order chi connectivity index (χ1) is 7.56. The van der Waals surface area contributed by atoms with Crippen molar-refractivity contribution in [2.24, 2.45) is 0 Å². The molecule has 0 radical (unpaired) electrons. The Morgan fingerprint density at radius 2 is 2.00 bits per heavy atom. The van der Waals surface area contributed by atoms with E-state index >= 15 is 0 Å². The summed E-state index contributed by atoms with van der Waals surface area (Å²) in [4.78, 5) is 11.9. The average Bonchev–Trinajstić information content (AvgIpc) is 2.26. The average molecular weight is 220 g/mol. The third kappa shape index (κ3) is 1.39. The molecule has 0 bridgehead atoms. The Labute approximate surface area is 91.8 Å². The van der Waals surface area contributed by atoms with Gasteiger partial charge in [0.05, 0.1) is 17.6 Å². The van der Waals surface area contributed by atoms with E-state index in [9.17, 15) is 9.90 Å². The van der Waals surface area contributed by atoms with E-state index in [0.29, 0.717) is 16.7 Å². The zero-order valence-corrected chi connectivity index (χ0v) is 9.07. The Kier molecular flexibility index (Phi) is 2.44. The second-order valence-electron chi connectivity index (χ2n) is 3.71. The van der Waals surface area contributed by atoms with Crippen LogP contribution in [0.1, 0.15) is 16.9 Å². The number of rotatable bonds is 1. The summed E-state index contributed by atoms with van der Waals surface area (Å²) in [5, 5.41) is 19.1. The lowest BCUT2D eigenvalue weighted by molar-refractivity contribution is 0.275. The van der Waals surface area contributed by atoms with E-state index in [2.05, 4.69) is 0 Å². The van der Waals surface area contributed by atoms with Gasteiger partial charge in [-0.15, -0.1) is 0 Å². The maximum Gasteiger partial charge on any atom is 0.195 e. The van der Waals surface area contributed by atoms with Crippen LogP contribution >= 0.6 is 0 Å². The normalized spacial score (nSPS) is 10.9. The van der Waals surface area contributed by atoms with Crippen LogP contribution in [0.4, 0.5) is 0 Å². The minimum absolute atomic E-state index is 0.0681. The van der Waals surface area contributed by atoms with Gasteiger partial charge in [0, 0.05) is 5.56 Å². The predicted molar refractivity (Wildman–Crippen MR) is 59.5 cm³/mol. The highest BCUT2D eigenvalue weighted by atomic mass is 16.3. The van der Waals surface area contributed by atoms with Crippen LogP contribution in [0.5, 0.6) is 5.75 Å². The van der Waals surface area contributed by atoms with Gasteiger partial charge in [0.2, 0.25) is 0 Å². The van der Waals surface area contributed by atoms with E-state index in [0.717, 1.165) is 0 Å². The lowest BCUT2D eigenvalue weighted by atomic mass is 10.1. The molecule has 1 aromatic heterocycles. The van der Waals surface area contributed by atoms with Crippen molar-refractivity contribution in [1.29, 1.82) is 0 Å². The number of phenols is 1. The Hall–Kier alpha value is -1.81. The van der Waals surface area contributed by atoms with E-state index in [-0.39, 0.29) is 28.9 Å². The molecule has 0 saturated carbocycles. The van der Waals surface area contributed by atoms with Crippen LogP contribution in [0.2, 0.25) is 0 Å². The van der Waals surface area contributed by atoms with Gasteiger partial charge in [-0.2, -0.15) is 0 Å². The minimum atomic E-state index is -0.366. The Morgan fingerprint density at radius 1 is 1.31 bits per heavy atom. The molecule has 4 heteroatoms. The summed E-state index contributed by atoms with van der Waals surface area (Å²) in [5.74, 6) is 0.430. The summed E-state index contributed by atoms with van der Waals surface area (Å²) in [7, 11) is 0. The van der Waals surface area contributed by atoms with Crippen molar-refractivity contribution in [1.82, 2.24) is 0 Å². The quantitative estimate of drug-likeness (QED) is 0.765. The highest BCUT2D eigenvalue weighted by Gasteiger charge is 2.13. The fourth-order valence-electron chi connectivity index (χ4n) is 1.66. The Morgan fingerprint density at radius 3 is 2.62 bits per heavy atom. The monoisotopic (exact) mass is 220 g/mol. The molecule has 0 saturated heterocycles. The fraction of sp³-hybridized carbons (Fsp3) is 0.250. The largest absolute Gasteiger partial charge is 0.507 e. The third-order valence-corrected chi connectivity index (χ3v) is 2.76. The molecular formula is C12H12O4. The zero-order valence-electron chi connectivity index (χ0n) is 9.07. The molecule has 1 heterocycles. The fourth-order valence-corrected chi connectivity index (χ4v) is 1.66. The minimum Gasteiger partial charge on any atom is -0.507 e. The van der Waals surface area contributed by atoms with Crippen LogP contribution < -0.4 is 5.43 Å². The van der Waals surface area contributed by atoms with Crippen LogP contribution in [0, 0.1) is 13.8 Å². The van der Waals surface area contributed by atoms with Gasteiger partial charge in [-0.1, -0.05) is 0 Å². The molecule has 16 heavy (non-hydrogen) atoms. The molecular weight excluding hydrogens is 208 g/mol. The lowest BCUT2D eigenvalue weighted by Gasteiger charge is -2.07. The highest BCUT2D eigenvalue weighted by molar-refractivity contribution is 5.82.